The van der Waals surface area contributed by atoms with E-state index in [-0.39, 0.29) is 18.9 Å². The molecule has 3 N–H and O–H groups in total. The molecule has 0 saturated heterocycles. The molecule has 0 aliphatic heterocycles. The van der Waals surface area contributed by atoms with Gasteiger partial charge < -0.3 is 20.3 Å². The Balaban J connectivity index is 1.93. The number of anilines is 1. The molecule has 0 spiro atoms. The Kier molecular flexibility index (Phi) is 5.54. The van der Waals surface area contributed by atoms with Crippen molar-refractivity contribution in [3.8, 4) is 5.75 Å². The molecule has 0 radical (unpaired) electrons. The molecule has 112 valence electrons. The van der Waals surface area contributed by atoms with Crippen LogP contribution in [0.1, 0.15) is 5.56 Å². The molecule has 21 heavy (non-hydrogen) atoms. The Bertz CT molecular complexity index is 563. The van der Waals surface area contributed by atoms with Gasteiger partial charge in [-0.05, 0) is 17.7 Å². The van der Waals surface area contributed by atoms with Crippen molar-refractivity contribution in [2.75, 3.05) is 18.5 Å². The second kappa shape index (κ2) is 7.61. The van der Waals surface area contributed by atoms with Crippen LogP contribution in [0.2, 0.25) is 0 Å². The van der Waals surface area contributed by atoms with E-state index in [1.54, 1.807) is 6.07 Å². The van der Waals surface area contributed by atoms with Crippen molar-refractivity contribution >= 4 is 5.69 Å². The van der Waals surface area contributed by atoms with Crippen LogP contribution in [0.4, 0.5) is 10.1 Å². The molecule has 0 fully saturated rings. The van der Waals surface area contributed by atoms with Crippen LogP contribution >= 0.6 is 0 Å². The lowest BCUT2D eigenvalue weighted by Crippen LogP contribution is -2.22. The van der Waals surface area contributed by atoms with Crippen LogP contribution < -0.4 is 10.1 Å². The number of ether oxygens (including phenoxy) is 1. The van der Waals surface area contributed by atoms with Gasteiger partial charge in [0.05, 0.1) is 12.7 Å². The zero-order valence-corrected chi connectivity index (χ0v) is 11.5. The standard InChI is InChI=1S/C16H18FNO3/c17-15-8-13(18-9-14(20)10-19)6-7-16(15)21-11-12-4-2-1-3-5-12/h1-8,14,18-20H,9-11H2/t14-/m1/s1. The minimum Gasteiger partial charge on any atom is -0.486 e. The summed E-state index contributed by atoms with van der Waals surface area (Å²) < 4.78 is 19.3. The van der Waals surface area contributed by atoms with Gasteiger partial charge >= 0.3 is 0 Å². The summed E-state index contributed by atoms with van der Waals surface area (Å²) in [5, 5.41) is 20.8. The van der Waals surface area contributed by atoms with Gasteiger partial charge in [-0.3, -0.25) is 0 Å². The molecule has 2 rings (SSSR count). The number of aliphatic hydroxyl groups excluding tert-OH is 2. The molecule has 0 bridgehead atoms. The monoisotopic (exact) mass is 291 g/mol. The van der Waals surface area contributed by atoms with Crippen LogP contribution in [0.25, 0.3) is 0 Å². The summed E-state index contributed by atoms with van der Waals surface area (Å²) in [6, 6.07) is 14.0. The molecule has 0 aliphatic rings. The Morgan fingerprint density at radius 2 is 1.90 bits per heavy atom. The zero-order chi connectivity index (χ0) is 15.1. The molecule has 1 atom stereocenters. The third-order valence-corrected chi connectivity index (χ3v) is 2.92. The van der Waals surface area contributed by atoms with Gasteiger partial charge in [0.15, 0.2) is 11.6 Å². The third kappa shape index (κ3) is 4.73. The topological polar surface area (TPSA) is 61.7 Å². The lowest BCUT2D eigenvalue weighted by molar-refractivity contribution is 0.105. The van der Waals surface area contributed by atoms with E-state index in [0.717, 1.165) is 5.56 Å². The van der Waals surface area contributed by atoms with Crippen molar-refractivity contribution in [2.24, 2.45) is 0 Å². The first-order valence-electron chi connectivity index (χ1n) is 6.68. The van der Waals surface area contributed by atoms with Crippen molar-refractivity contribution in [1.82, 2.24) is 0 Å². The van der Waals surface area contributed by atoms with Gasteiger partial charge in [0.25, 0.3) is 0 Å². The molecule has 0 amide bonds. The van der Waals surface area contributed by atoms with Gasteiger partial charge in [0.2, 0.25) is 0 Å². The molecule has 0 heterocycles. The number of rotatable bonds is 7. The van der Waals surface area contributed by atoms with E-state index < -0.39 is 11.9 Å². The maximum atomic E-state index is 13.9. The van der Waals surface area contributed by atoms with Crippen LogP contribution in [-0.4, -0.2) is 29.5 Å². The van der Waals surface area contributed by atoms with Crippen molar-refractivity contribution < 1.29 is 19.3 Å². The minimum absolute atomic E-state index is 0.153. The van der Waals surface area contributed by atoms with E-state index in [4.69, 9.17) is 9.84 Å². The molecule has 0 aromatic heterocycles. The maximum Gasteiger partial charge on any atom is 0.167 e. The Morgan fingerprint density at radius 3 is 2.57 bits per heavy atom. The number of hydrogen-bond donors (Lipinski definition) is 3. The quantitative estimate of drug-likeness (QED) is 0.731. The number of nitrogens with one attached hydrogen (secondary N) is 1. The molecule has 4 nitrogen and oxygen atoms in total. The van der Waals surface area contributed by atoms with Crippen LogP contribution in [0, 0.1) is 5.82 Å². The molecular weight excluding hydrogens is 273 g/mol. The summed E-state index contributed by atoms with van der Waals surface area (Å²) in [5.74, 6) is -0.304. The predicted molar refractivity (Wildman–Crippen MR) is 78.8 cm³/mol. The van der Waals surface area contributed by atoms with Gasteiger partial charge in [-0.1, -0.05) is 30.3 Å². The van der Waals surface area contributed by atoms with E-state index in [1.807, 2.05) is 30.3 Å². The lowest BCUT2D eigenvalue weighted by atomic mass is 10.2. The van der Waals surface area contributed by atoms with Gasteiger partial charge in [-0.15, -0.1) is 0 Å². The first kappa shape index (κ1) is 15.3. The van der Waals surface area contributed by atoms with Crippen LogP contribution in [0.15, 0.2) is 48.5 Å². The fourth-order valence-electron chi connectivity index (χ4n) is 1.76. The largest absolute Gasteiger partial charge is 0.486 e. The summed E-state index contributed by atoms with van der Waals surface area (Å²) in [5.41, 5.74) is 1.48. The molecular formula is C16H18FNO3. The molecule has 2 aromatic rings. The van der Waals surface area contributed by atoms with Crippen LogP contribution in [-0.2, 0) is 6.61 Å². The van der Waals surface area contributed by atoms with Gasteiger partial charge in [0.1, 0.15) is 6.61 Å². The number of aliphatic hydroxyl groups is 2. The highest BCUT2D eigenvalue weighted by atomic mass is 19.1. The van der Waals surface area contributed by atoms with Crippen molar-refractivity contribution in [3.05, 3.63) is 59.9 Å². The van der Waals surface area contributed by atoms with Crippen molar-refractivity contribution in [1.29, 1.82) is 0 Å². The Labute approximate surface area is 122 Å². The fraction of sp³-hybridized carbons (Fsp3) is 0.250. The zero-order valence-electron chi connectivity index (χ0n) is 11.5. The van der Waals surface area contributed by atoms with Crippen molar-refractivity contribution in [3.63, 3.8) is 0 Å². The summed E-state index contributed by atoms with van der Waals surface area (Å²) in [4.78, 5) is 0. The van der Waals surface area contributed by atoms with Gasteiger partial charge in [0, 0.05) is 18.3 Å². The van der Waals surface area contributed by atoms with Crippen LogP contribution in [0.3, 0.4) is 0 Å². The second-order valence-corrected chi connectivity index (χ2v) is 4.64. The number of hydrogen-bond acceptors (Lipinski definition) is 4. The number of halogens is 1. The summed E-state index contributed by atoms with van der Waals surface area (Å²) in [6.45, 7) is 0.113. The second-order valence-electron chi connectivity index (χ2n) is 4.64. The highest BCUT2D eigenvalue weighted by Gasteiger charge is 2.07. The normalized spacial score (nSPS) is 12.0. The van der Waals surface area contributed by atoms with E-state index in [9.17, 15) is 9.50 Å². The van der Waals surface area contributed by atoms with Gasteiger partial charge in [-0.2, -0.15) is 0 Å². The minimum atomic E-state index is -0.873. The highest BCUT2D eigenvalue weighted by Crippen LogP contribution is 2.22. The third-order valence-electron chi connectivity index (χ3n) is 2.92. The highest BCUT2D eigenvalue weighted by molar-refractivity contribution is 5.47. The molecule has 2 aromatic carbocycles. The fourth-order valence-corrected chi connectivity index (χ4v) is 1.76. The van der Waals surface area contributed by atoms with E-state index >= 15 is 0 Å². The van der Waals surface area contributed by atoms with Gasteiger partial charge in [-0.25, -0.2) is 4.39 Å². The van der Waals surface area contributed by atoms with E-state index in [1.165, 1.54) is 12.1 Å². The average Bonchev–Trinajstić information content (AvgIpc) is 2.52. The smallest absolute Gasteiger partial charge is 0.167 e. The van der Waals surface area contributed by atoms with E-state index in [0.29, 0.717) is 12.3 Å². The predicted octanol–water partition coefficient (Wildman–Crippen LogP) is 2.17. The van der Waals surface area contributed by atoms with E-state index in [2.05, 4.69) is 5.32 Å². The lowest BCUT2D eigenvalue weighted by Gasteiger charge is -2.12. The molecule has 5 heteroatoms. The molecule has 0 unspecified atom stereocenters. The first-order valence-corrected chi connectivity index (χ1v) is 6.68. The Hall–Kier alpha value is -2.11. The summed E-state index contributed by atoms with van der Waals surface area (Å²) in [6.07, 6.45) is -0.873. The summed E-state index contributed by atoms with van der Waals surface area (Å²) in [7, 11) is 0. The average molecular weight is 291 g/mol. The number of benzene rings is 2. The van der Waals surface area contributed by atoms with Crippen LogP contribution in [0.5, 0.6) is 5.75 Å². The van der Waals surface area contributed by atoms with Crippen molar-refractivity contribution in [2.45, 2.75) is 12.7 Å². The molecule has 0 saturated carbocycles. The SMILES string of the molecule is OC[C@H](O)CNc1ccc(OCc2ccccc2)c(F)c1. The maximum absolute atomic E-state index is 13.9. The molecule has 0 aliphatic carbocycles. The Morgan fingerprint density at radius 1 is 1.14 bits per heavy atom. The first-order chi connectivity index (χ1) is 10.2. The summed E-state index contributed by atoms with van der Waals surface area (Å²) >= 11 is 0.